The molecule has 166 valence electrons. The highest BCUT2D eigenvalue weighted by Crippen LogP contribution is 2.30. The molecule has 31 heavy (non-hydrogen) atoms. The number of amides is 4. The molecule has 0 radical (unpaired) electrons. The van der Waals surface area contributed by atoms with E-state index in [0.29, 0.717) is 35.6 Å². The van der Waals surface area contributed by atoms with Crippen LogP contribution in [0.1, 0.15) is 33.6 Å². The second-order valence-corrected chi connectivity index (χ2v) is 7.79. The molecule has 0 saturated carbocycles. The monoisotopic (exact) mass is 463 g/mol. The summed E-state index contributed by atoms with van der Waals surface area (Å²) in [6.07, 6.45) is 0.975. The minimum atomic E-state index is -0.979. The van der Waals surface area contributed by atoms with Crippen molar-refractivity contribution in [3.8, 4) is 0 Å². The Morgan fingerprint density at radius 3 is 2.03 bits per heavy atom. The Bertz CT molecular complexity index is 964. The minimum Gasteiger partial charge on any atom is -0.326 e. The number of rotatable bonds is 7. The van der Waals surface area contributed by atoms with Gasteiger partial charge in [0.15, 0.2) is 0 Å². The van der Waals surface area contributed by atoms with Gasteiger partial charge in [0.2, 0.25) is 11.8 Å². The summed E-state index contributed by atoms with van der Waals surface area (Å²) in [5, 5.41) is 8.32. The third kappa shape index (κ3) is 6.36. The average molecular weight is 464 g/mol. The standard InChI is InChI=1S/C21H26ClN5O3S/c1-4-21(23,5-2)19(29)26-18-11-10-16(12-17(18)22)27(31)20(30)25-15-8-6-14(7-9-15)24-13(3)28/h6-12,31H,4-5,23H2,1-3H3,(H,24,28)(H,25,30)(H,26,29). The summed E-state index contributed by atoms with van der Waals surface area (Å²) < 4.78 is 1.09. The highest BCUT2D eigenvalue weighted by Gasteiger charge is 2.30. The van der Waals surface area contributed by atoms with Crippen LogP contribution in [-0.2, 0) is 9.59 Å². The van der Waals surface area contributed by atoms with Gasteiger partial charge in [-0.2, -0.15) is 0 Å². The molecule has 0 heterocycles. The number of anilines is 4. The Labute approximate surface area is 192 Å². The lowest BCUT2D eigenvalue weighted by molar-refractivity contribution is -0.121. The third-order valence-corrected chi connectivity index (χ3v) is 5.53. The topological polar surface area (TPSA) is 117 Å². The van der Waals surface area contributed by atoms with E-state index in [1.807, 2.05) is 13.8 Å². The molecule has 0 bridgehead atoms. The Kier molecular flexibility index (Phi) is 8.32. The Morgan fingerprint density at radius 1 is 1.00 bits per heavy atom. The lowest BCUT2D eigenvalue weighted by atomic mass is 9.93. The maximum atomic E-state index is 12.5. The van der Waals surface area contributed by atoms with Gasteiger partial charge >= 0.3 is 6.03 Å². The molecule has 0 aliphatic carbocycles. The van der Waals surface area contributed by atoms with E-state index < -0.39 is 11.6 Å². The number of carbonyl (C=O) groups excluding carboxylic acids is 3. The molecule has 0 saturated heterocycles. The highest BCUT2D eigenvalue weighted by atomic mass is 35.5. The molecular formula is C21H26ClN5O3S. The number of benzene rings is 2. The number of carbonyl (C=O) groups is 3. The van der Waals surface area contributed by atoms with Gasteiger partial charge in [0.25, 0.3) is 0 Å². The second-order valence-electron chi connectivity index (χ2n) is 6.98. The number of nitrogens with two attached hydrogens (primary N) is 1. The normalized spacial score (nSPS) is 10.9. The van der Waals surface area contributed by atoms with Gasteiger partial charge in [-0.15, -0.1) is 0 Å². The van der Waals surface area contributed by atoms with E-state index in [1.54, 1.807) is 36.4 Å². The lowest BCUT2D eigenvalue weighted by Gasteiger charge is -2.25. The molecule has 2 rings (SSSR count). The fourth-order valence-electron chi connectivity index (χ4n) is 2.69. The predicted molar refractivity (Wildman–Crippen MR) is 129 cm³/mol. The Morgan fingerprint density at radius 2 is 1.55 bits per heavy atom. The van der Waals surface area contributed by atoms with E-state index >= 15 is 0 Å². The van der Waals surface area contributed by atoms with Gasteiger partial charge in [-0.3, -0.25) is 9.59 Å². The maximum Gasteiger partial charge on any atom is 0.336 e. The summed E-state index contributed by atoms with van der Waals surface area (Å²) in [5.74, 6) is -0.508. The molecule has 10 heteroatoms. The molecule has 0 atom stereocenters. The minimum absolute atomic E-state index is 0.184. The summed E-state index contributed by atoms with van der Waals surface area (Å²) in [5.41, 5.74) is 7.07. The molecule has 0 spiro atoms. The van der Waals surface area contributed by atoms with Crippen molar-refractivity contribution in [1.29, 1.82) is 0 Å². The molecule has 8 nitrogen and oxygen atoms in total. The zero-order valence-corrected chi connectivity index (χ0v) is 19.2. The second kappa shape index (κ2) is 10.5. The smallest absolute Gasteiger partial charge is 0.326 e. The van der Waals surface area contributed by atoms with Crippen molar-refractivity contribution >= 4 is 65.0 Å². The van der Waals surface area contributed by atoms with E-state index in [2.05, 4.69) is 28.8 Å². The number of nitrogens with one attached hydrogen (secondary N) is 3. The van der Waals surface area contributed by atoms with Crippen LogP contribution in [0.15, 0.2) is 42.5 Å². The molecule has 0 unspecified atom stereocenters. The van der Waals surface area contributed by atoms with Gasteiger partial charge in [-0.25, -0.2) is 9.10 Å². The van der Waals surface area contributed by atoms with Gasteiger partial charge < -0.3 is 21.7 Å². The van der Waals surface area contributed by atoms with Crippen LogP contribution < -0.4 is 26.0 Å². The summed E-state index contributed by atoms with van der Waals surface area (Å²) in [4.78, 5) is 36.0. The summed E-state index contributed by atoms with van der Waals surface area (Å²) in [7, 11) is 0. The van der Waals surface area contributed by atoms with Crippen LogP contribution >= 0.6 is 24.4 Å². The van der Waals surface area contributed by atoms with Crippen LogP contribution in [0.5, 0.6) is 0 Å². The number of thiol groups is 1. The SMILES string of the molecule is CCC(N)(CC)C(=O)Nc1ccc(N(S)C(=O)Nc2ccc(NC(C)=O)cc2)cc1Cl. The first-order valence-corrected chi connectivity index (χ1v) is 10.4. The molecule has 0 aromatic heterocycles. The molecule has 2 aromatic rings. The summed E-state index contributed by atoms with van der Waals surface area (Å²) >= 11 is 10.5. The first-order valence-electron chi connectivity index (χ1n) is 9.67. The van der Waals surface area contributed by atoms with Crippen molar-refractivity contribution in [2.45, 2.75) is 39.2 Å². The molecule has 5 N–H and O–H groups in total. The first-order chi connectivity index (χ1) is 14.6. The number of hydrogen-bond donors (Lipinski definition) is 5. The van der Waals surface area contributed by atoms with Crippen LogP contribution in [0, 0.1) is 0 Å². The fourth-order valence-corrected chi connectivity index (χ4v) is 3.09. The lowest BCUT2D eigenvalue weighted by Crippen LogP contribution is -2.50. The van der Waals surface area contributed by atoms with E-state index in [1.165, 1.54) is 13.0 Å². The number of hydrogen-bond acceptors (Lipinski definition) is 5. The summed E-state index contributed by atoms with van der Waals surface area (Å²) in [6.45, 7) is 5.10. The van der Waals surface area contributed by atoms with E-state index in [4.69, 9.17) is 17.3 Å². The van der Waals surface area contributed by atoms with Crippen LogP contribution in [0.3, 0.4) is 0 Å². The molecular weight excluding hydrogens is 438 g/mol. The van der Waals surface area contributed by atoms with E-state index in [0.717, 1.165) is 4.31 Å². The van der Waals surface area contributed by atoms with Crippen LogP contribution in [0.2, 0.25) is 5.02 Å². The number of nitrogens with zero attached hydrogens (tertiary/aromatic N) is 1. The van der Waals surface area contributed by atoms with E-state index in [9.17, 15) is 14.4 Å². The van der Waals surface area contributed by atoms with Gasteiger partial charge in [-0.1, -0.05) is 38.3 Å². The van der Waals surface area contributed by atoms with Gasteiger partial charge in [0, 0.05) is 18.3 Å². The van der Waals surface area contributed by atoms with Crippen molar-refractivity contribution in [1.82, 2.24) is 0 Å². The first kappa shape index (κ1) is 24.5. The van der Waals surface area contributed by atoms with E-state index in [-0.39, 0.29) is 16.8 Å². The third-order valence-electron chi connectivity index (χ3n) is 4.81. The van der Waals surface area contributed by atoms with Crippen molar-refractivity contribution < 1.29 is 14.4 Å². The quantitative estimate of drug-likeness (QED) is 0.384. The average Bonchev–Trinajstić information content (AvgIpc) is 2.74. The van der Waals surface area contributed by atoms with Crippen molar-refractivity contribution in [2.24, 2.45) is 5.73 Å². The molecule has 0 aliphatic heterocycles. The molecule has 2 aromatic carbocycles. The van der Waals surface area contributed by atoms with Gasteiger partial charge in [-0.05, 0) is 55.3 Å². The predicted octanol–water partition coefficient (Wildman–Crippen LogP) is 4.64. The fraction of sp³-hybridized carbons (Fsp3) is 0.286. The van der Waals surface area contributed by atoms with Crippen molar-refractivity contribution in [3.63, 3.8) is 0 Å². The van der Waals surface area contributed by atoms with Gasteiger partial charge in [0.05, 0.1) is 21.9 Å². The molecule has 0 fully saturated rings. The zero-order chi connectivity index (χ0) is 23.2. The van der Waals surface area contributed by atoms with Crippen LogP contribution in [-0.4, -0.2) is 23.4 Å². The maximum absolute atomic E-state index is 12.5. The Balaban J connectivity index is 2.07. The number of halogens is 1. The van der Waals surface area contributed by atoms with Crippen molar-refractivity contribution in [3.05, 3.63) is 47.5 Å². The highest BCUT2D eigenvalue weighted by molar-refractivity contribution is 7.82. The van der Waals surface area contributed by atoms with Crippen LogP contribution in [0.4, 0.5) is 27.5 Å². The largest absolute Gasteiger partial charge is 0.336 e. The summed E-state index contributed by atoms with van der Waals surface area (Å²) in [6, 6.07) is 10.8. The molecule has 4 amide bonds. The van der Waals surface area contributed by atoms with Gasteiger partial charge in [0.1, 0.15) is 0 Å². The molecule has 0 aliphatic rings. The van der Waals surface area contributed by atoms with Crippen molar-refractivity contribution in [2.75, 3.05) is 20.3 Å². The number of urea groups is 1. The zero-order valence-electron chi connectivity index (χ0n) is 17.5. The Hall–Kier alpha value is -2.75. The van der Waals surface area contributed by atoms with Crippen LogP contribution in [0.25, 0.3) is 0 Å².